The van der Waals surface area contributed by atoms with E-state index in [-0.39, 0.29) is 17.4 Å². The van der Waals surface area contributed by atoms with Gasteiger partial charge in [-0.15, -0.1) is 0 Å². The second-order valence-corrected chi connectivity index (χ2v) is 6.10. The molecule has 2 atom stereocenters. The van der Waals surface area contributed by atoms with Crippen LogP contribution in [0.5, 0.6) is 0 Å². The summed E-state index contributed by atoms with van der Waals surface area (Å²) in [7, 11) is 0. The highest BCUT2D eigenvalue weighted by Gasteiger charge is 2.16. The molecule has 0 spiro atoms. The van der Waals surface area contributed by atoms with Gasteiger partial charge in [0.2, 0.25) is 0 Å². The maximum absolute atomic E-state index is 12.0. The number of esters is 1. The number of carbonyl (C=O) groups is 1. The monoisotopic (exact) mass is 361 g/mol. The molecule has 0 amide bonds. The number of nitro groups is 1. The Balaban J connectivity index is 2.55. The van der Waals surface area contributed by atoms with Crippen molar-refractivity contribution in [3.63, 3.8) is 0 Å². The van der Waals surface area contributed by atoms with E-state index in [0.29, 0.717) is 12.8 Å². The van der Waals surface area contributed by atoms with Crippen LogP contribution in [0.3, 0.4) is 0 Å². The second kappa shape index (κ2) is 9.70. The van der Waals surface area contributed by atoms with E-state index in [1.807, 2.05) is 6.92 Å². The van der Waals surface area contributed by atoms with Crippen LogP contribution in [0.25, 0.3) is 0 Å². The molecule has 1 rings (SSSR count). The highest BCUT2D eigenvalue weighted by molar-refractivity contribution is 5.90. The number of carbonyl (C=O) groups excluding carboxylic acids is 1. The number of hydrogen-bond donors (Lipinski definition) is 1. The maximum atomic E-state index is 12.0. The Morgan fingerprint density at radius 2 is 2.04 bits per heavy atom. The first-order valence-electron chi connectivity index (χ1n) is 8.09. The first-order valence-corrected chi connectivity index (χ1v) is 8.09. The smallest absolute Gasteiger partial charge is 0.339 e. The van der Waals surface area contributed by atoms with Gasteiger partial charge in [0.25, 0.3) is 5.69 Å². The third-order valence-electron chi connectivity index (χ3n) is 3.17. The van der Waals surface area contributed by atoms with Gasteiger partial charge in [-0.1, -0.05) is 18.4 Å². The predicted octanol–water partition coefficient (Wildman–Crippen LogP) is 3.22. The number of rotatable bonds is 8. The van der Waals surface area contributed by atoms with Crippen molar-refractivity contribution in [2.45, 2.75) is 51.6 Å². The van der Waals surface area contributed by atoms with Crippen molar-refractivity contribution in [3.8, 4) is 11.8 Å². The molecule has 0 fully saturated rings. The summed E-state index contributed by atoms with van der Waals surface area (Å²) in [6.07, 6.45) is 1.54. The number of nitro benzene ring substituents is 1. The normalized spacial score (nSPS) is 13.1. The standard InChI is InChI=1S/C19H23NO6/c1-5-17(9-7-6-8-14(2)26-19(3,4)22)25-18(21)15-10-12-16(13-11-15)20(23)24/h5,10-14,17,22H,1,6,8H2,2-4H3. The molecule has 0 radical (unpaired) electrons. The number of nitrogens with zero attached hydrogens (tertiary/aromatic N) is 1. The number of benzene rings is 1. The van der Waals surface area contributed by atoms with E-state index in [4.69, 9.17) is 9.47 Å². The highest BCUT2D eigenvalue weighted by atomic mass is 16.6. The molecular weight excluding hydrogens is 338 g/mol. The van der Waals surface area contributed by atoms with E-state index in [9.17, 15) is 20.0 Å². The fourth-order valence-electron chi connectivity index (χ4n) is 2.04. The molecule has 0 aromatic heterocycles. The van der Waals surface area contributed by atoms with Gasteiger partial charge in [-0.05, 0) is 45.4 Å². The zero-order valence-electron chi connectivity index (χ0n) is 15.1. The van der Waals surface area contributed by atoms with Gasteiger partial charge in [0.05, 0.1) is 16.6 Å². The predicted molar refractivity (Wildman–Crippen MR) is 96.4 cm³/mol. The number of aliphatic hydroxyl groups is 1. The van der Waals surface area contributed by atoms with Crippen LogP contribution in [-0.2, 0) is 9.47 Å². The fraction of sp³-hybridized carbons (Fsp3) is 0.421. The summed E-state index contributed by atoms with van der Waals surface area (Å²) in [6, 6.07) is 5.11. The minimum absolute atomic E-state index is 0.107. The molecule has 1 N–H and O–H groups in total. The highest BCUT2D eigenvalue weighted by Crippen LogP contribution is 2.14. The Kier molecular flexibility index (Phi) is 7.97. The maximum Gasteiger partial charge on any atom is 0.339 e. The van der Waals surface area contributed by atoms with Crippen LogP contribution in [0.15, 0.2) is 36.9 Å². The molecule has 0 heterocycles. The SMILES string of the molecule is C=CC(C#CCCC(C)OC(C)(C)O)OC(=O)c1ccc([N+](=O)[O-])cc1. The minimum atomic E-state index is -1.20. The number of non-ortho nitro benzene ring substituents is 1. The van der Waals surface area contributed by atoms with Gasteiger partial charge < -0.3 is 14.6 Å². The van der Waals surface area contributed by atoms with Crippen LogP contribution < -0.4 is 0 Å². The Morgan fingerprint density at radius 1 is 1.42 bits per heavy atom. The van der Waals surface area contributed by atoms with Crippen molar-refractivity contribution < 1.29 is 24.3 Å². The van der Waals surface area contributed by atoms with Crippen molar-refractivity contribution in [2.75, 3.05) is 0 Å². The van der Waals surface area contributed by atoms with Crippen molar-refractivity contribution in [2.24, 2.45) is 0 Å². The van der Waals surface area contributed by atoms with Gasteiger partial charge in [-0.25, -0.2) is 4.79 Å². The first-order chi connectivity index (χ1) is 12.1. The summed E-state index contributed by atoms with van der Waals surface area (Å²) >= 11 is 0. The third kappa shape index (κ3) is 7.92. The van der Waals surface area contributed by atoms with Crippen LogP contribution in [0.4, 0.5) is 5.69 Å². The van der Waals surface area contributed by atoms with Crippen LogP contribution in [0.2, 0.25) is 0 Å². The van der Waals surface area contributed by atoms with E-state index in [2.05, 4.69) is 18.4 Å². The van der Waals surface area contributed by atoms with Gasteiger partial charge in [-0.3, -0.25) is 10.1 Å². The zero-order chi connectivity index (χ0) is 19.7. The average Bonchev–Trinajstić information content (AvgIpc) is 2.55. The molecule has 0 aliphatic rings. The Labute approximate surface area is 152 Å². The lowest BCUT2D eigenvalue weighted by Gasteiger charge is -2.23. The number of hydrogen-bond acceptors (Lipinski definition) is 6. The summed E-state index contributed by atoms with van der Waals surface area (Å²) in [6.45, 7) is 8.53. The van der Waals surface area contributed by atoms with Gasteiger partial charge in [0, 0.05) is 18.6 Å². The summed E-state index contributed by atoms with van der Waals surface area (Å²) in [5.74, 6) is 3.83. The van der Waals surface area contributed by atoms with Crippen molar-refractivity contribution in [1.29, 1.82) is 0 Å². The summed E-state index contributed by atoms with van der Waals surface area (Å²) in [5.41, 5.74) is 0.0838. The topological polar surface area (TPSA) is 98.9 Å². The molecule has 140 valence electrons. The molecular formula is C19H23NO6. The van der Waals surface area contributed by atoms with Crippen molar-refractivity contribution in [1.82, 2.24) is 0 Å². The summed E-state index contributed by atoms with van der Waals surface area (Å²) < 4.78 is 10.6. The largest absolute Gasteiger partial charge is 0.441 e. The summed E-state index contributed by atoms with van der Waals surface area (Å²) in [5, 5.41) is 20.2. The molecule has 7 nitrogen and oxygen atoms in total. The average molecular weight is 361 g/mol. The number of ether oxygens (including phenoxy) is 2. The Hall–Kier alpha value is -2.69. The van der Waals surface area contributed by atoms with E-state index in [0.717, 1.165) is 0 Å². The molecule has 0 saturated heterocycles. The van der Waals surface area contributed by atoms with Gasteiger partial charge in [-0.2, -0.15) is 0 Å². The van der Waals surface area contributed by atoms with Crippen LogP contribution in [0, 0.1) is 22.0 Å². The fourth-order valence-corrected chi connectivity index (χ4v) is 2.04. The molecule has 0 aliphatic heterocycles. The zero-order valence-corrected chi connectivity index (χ0v) is 15.1. The third-order valence-corrected chi connectivity index (χ3v) is 3.17. The Bertz CT molecular complexity index is 693. The molecule has 2 unspecified atom stereocenters. The molecule has 0 saturated carbocycles. The quantitative estimate of drug-likeness (QED) is 0.191. The Morgan fingerprint density at radius 3 is 2.54 bits per heavy atom. The van der Waals surface area contributed by atoms with Gasteiger partial charge in [0.15, 0.2) is 11.9 Å². The minimum Gasteiger partial charge on any atom is -0.441 e. The second-order valence-electron chi connectivity index (χ2n) is 6.10. The van der Waals surface area contributed by atoms with Crippen LogP contribution >= 0.6 is 0 Å². The van der Waals surface area contributed by atoms with Crippen molar-refractivity contribution >= 4 is 11.7 Å². The van der Waals surface area contributed by atoms with E-state index < -0.39 is 22.8 Å². The summed E-state index contributed by atoms with van der Waals surface area (Å²) in [4.78, 5) is 22.1. The first kappa shape index (κ1) is 21.4. The van der Waals surface area contributed by atoms with E-state index in [1.54, 1.807) is 13.8 Å². The molecule has 1 aromatic carbocycles. The lowest BCUT2D eigenvalue weighted by atomic mass is 10.2. The van der Waals surface area contributed by atoms with Crippen LogP contribution in [-0.4, -0.2) is 34.0 Å². The van der Waals surface area contributed by atoms with Gasteiger partial charge >= 0.3 is 5.97 Å². The molecule has 0 aliphatic carbocycles. The van der Waals surface area contributed by atoms with Crippen LogP contribution in [0.1, 0.15) is 44.0 Å². The lowest BCUT2D eigenvalue weighted by Crippen LogP contribution is -2.28. The molecule has 1 aromatic rings. The van der Waals surface area contributed by atoms with E-state index in [1.165, 1.54) is 30.3 Å². The van der Waals surface area contributed by atoms with Gasteiger partial charge in [0.1, 0.15) is 0 Å². The molecule has 0 bridgehead atoms. The molecule has 7 heteroatoms. The van der Waals surface area contributed by atoms with E-state index >= 15 is 0 Å². The molecule has 26 heavy (non-hydrogen) atoms. The van der Waals surface area contributed by atoms with Crippen molar-refractivity contribution in [3.05, 3.63) is 52.6 Å². The lowest BCUT2D eigenvalue weighted by molar-refractivity contribution is -0.384.